The van der Waals surface area contributed by atoms with Crippen molar-refractivity contribution in [1.82, 2.24) is 0 Å². The van der Waals surface area contributed by atoms with Crippen LogP contribution in [-0.4, -0.2) is 17.6 Å². The van der Waals surface area contributed by atoms with Gasteiger partial charge in [0.05, 0.1) is 0 Å². The second-order valence-electron chi connectivity index (χ2n) is 1.54. The zero-order valence-corrected chi connectivity index (χ0v) is 6.12. The first-order valence-corrected chi connectivity index (χ1v) is 3.05. The van der Waals surface area contributed by atoms with E-state index < -0.39 is 19.0 Å². The summed E-state index contributed by atoms with van der Waals surface area (Å²) in [7, 11) is 0. The summed E-state index contributed by atoms with van der Waals surface area (Å²) in [5, 5.41) is 7.92. The Morgan fingerprint density at radius 3 is 1.67 bits per heavy atom. The fourth-order valence-corrected chi connectivity index (χ4v) is 0.196. The summed E-state index contributed by atoms with van der Waals surface area (Å²) in [4.78, 5) is 0. The van der Waals surface area contributed by atoms with Gasteiger partial charge in [0.2, 0.25) is 5.92 Å². The van der Waals surface area contributed by atoms with Crippen LogP contribution in [0.2, 0.25) is 0 Å². The summed E-state index contributed by atoms with van der Waals surface area (Å²) in [5.41, 5.74) is 0. The van der Waals surface area contributed by atoms with Gasteiger partial charge in [-0.15, -0.1) is 0 Å². The van der Waals surface area contributed by atoms with Gasteiger partial charge in [0.1, 0.15) is 0 Å². The lowest BCUT2D eigenvalue weighted by Crippen LogP contribution is -2.10. The number of hydrogen-bond acceptors (Lipinski definition) is 1. The predicted octanol–water partition coefficient (Wildman–Crippen LogP) is 2.05. The third kappa shape index (κ3) is 18.2. The molecule has 1 nitrogen and oxygen atoms in total. The molecule has 0 amide bonds. The van der Waals surface area contributed by atoms with Crippen LogP contribution in [0, 0.1) is 0 Å². The van der Waals surface area contributed by atoms with E-state index in [-0.39, 0.29) is 0 Å². The molecule has 1 N–H and O–H groups in total. The van der Waals surface area contributed by atoms with Gasteiger partial charge in [-0.1, -0.05) is 13.8 Å². The van der Waals surface area contributed by atoms with Crippen LogP contribution in [-0.2, 0) is 0 Å². The van der Waals surface area contributed by atoms with Gasteiger partial charge < -0.3 is 5.11 Å². The van der Waals surface area contributed by atoms with Crippen molar-refractivity contribution in [3.63, 3.8) is 0 Å². The standard InChI is InChI=1S/C4H8F2O.C2H6/c1-4(5,6)2-3-7;1-2/h7H,2-3H2,1H3;1-2H3. The average Bonchev–Trinajstić information content (AvgIpc) is 1.69. The molecular formula is C6H14F2O. The minimum absolute atomic E-state index is 0.438. The van der Waals surface area contributed by atoms with Gasteiger partial charge in [0.15, 0.2) is 0 Å². The van der Waals surface area contributed by atoms with Crippen molar-refractivity contribution in [3.05, 3.63) is 0 Å². The van der Waals surface area contributed by atoms with E-state index in [0.29, 0.717) is 0 Å². The fraction of sp³-hybridized carbons (Fsp3) is 1.00. The van der Waals surface area contributed by atoms with Crippen LogP contribution >= 0.6 is 0 Å². The molecule has 0 aliphatic carbocycles. The highest BCUT2D eigenvalue weighted by molar-refractivity contribution is 4.54. The quantitative estimate of drug-likeness (QED) is 0.622. The highest BCUT2D eigenvalue weighted by Crippen LogP contribution is 2.14. The van der Waals surface area contributed by atoms with Gasteiger partial charge in [0, 0.05) is 13.0 Å². The summed E-state index contributed by atoms with van der Waals surface area (Å²) in [6.07, 6.45) is -0.438. The smallest absolute Gasteiger partial charge is 0.247 e. The summed E-state index contributed by atoms with van der Waals surface area (Å²) >= 11 is 0. The molecule has 58 valence electrons. The second-order valence-corrected chi connectivity index (χ2v) is 1.54. The average molecular weight is 140 g/mol. The summed E-state index contributed by atoms with van der Waals surface area (Å²) in [5.74, 6) is -2.70. The molecule has 9 heavy (non-hydrogen) atoms. The highest BCUT2D eigenvalue weighted by Gasteiger charge is 2.18. The van der Waals surface area contributed by atoms with Gasteiger partial charge in [-0.3, -0.25) is 0 Å². The first-order valence-electron chi connectivity index (χ1n) is 3.05. The van der Waals surface area contributed by atoms with Crippen LogP contribution in [0.25, 0.3) is 0 Å². The number of halogens is 2. The molecule has 0 aromatic heterocycles. The van der Waals surface area contributed by atoms with Crippen molar-refractivity contribution < 1.29 is 13.9 Å². The van der Waals surface area contributed by atoms with Gasteiger partial charge >= 0.3 is 0 Å². The Hall–Kier alpha value is -0.180. The van der Waals surface area contributed by atoms with E-state index in [1.54, 1.807) is 0 Å². The largest absolute Gasteiger partial charge is 0.396 e. The fourth-order valence-electron chi connectivity index (χ4n) is 0.196. The summed E-state index contributed by atoms with van der Waals surface area (Å²) in [6.45, 7) is 4.34. The Labute approximate surface area is 54.7 Å². The van der Waals surface area contributed by atoms with Gasteiger partial charge in [0.25, 0.3) is 0 Å². The molecule has 0 aromatic rings. The summed E-state index contributed by atoms with van der Waals surface area (Å²) in [6, 6.07) is 0. The number of hydrogen-bond donors (Lipinski definition) is 1. The molecule has 0 fully saturated rings. The highest BCUT2D eigenvalue weighted by atomic mass is 19.3. The van der Waals surface area contributed by atoms with Crippen LogP contribution in [0.15, 0.2) is 0 Å². The van der Waals surface area contributed by atoms with Crippen molar-refractivity contribution >= 4 is 0 Å². The topological polar surface area (TPSA) is 20.2 Å². The van der Waals surface area contributed by atoms with Gasteiger partial charge in [-0.25, -0.2) is 8.78 Å². The van der Waals surface area contributed by atoms with E-state index >= 15 is 0 Å². The lowest BCUT2D eigenvalue weighted by molar-refractivity contribution is -0.00211. The van der Waals surface area contributed by atoms with Crippen molar-refractivity contribution in [2.45, 2.75) is 33.1 Å². The Morgan fingerprint density at radius 1 is 1.33 bits per heavy atom. The number of alkyl halides is 2. The maximum absolute atomic E-state index is 11.6. The molecule has 0 radical (unpaired) electrons. The van der Waals surface area contributed by atoms with Crippen molar-refractivity contribution in [3.8, 4) is 0 Å². The van der Waals surface area contributed by atoms with E-state index in [2.05, 4.69) is 0 Å². The molecule has 0 aliphatic heterocycles. The van der Waals surface area contributed by atoms with Crippen molar-refractivity contribution in [1.29, 1.82) is 0 Å². The van der Waals surface area contributed by atoms with E-state index in [1.165, 1.54) is 0 Å². The lowest BCUT2D eigenvalue weighted by atomic mass is 10.3. The zero-order chi connectivity index (χ0) is 7.91. The maximum Gasteiger partial charge on any atom is 0.247 e. The number of rotatable bonds is 2. The zero-order valence-electron chi connectivity index (χ0n) is 6.12. The molecule has 0 unspecified atom stereocenters. The Kier molecular flexibility index (Phi) is 7.66. The van der Waals surface area contributed by atoms with Crippen LogP contribution in [0.3, 0.4) is 0 Å². The monoisotopic (exact) mass is 140 g/mol. The van der Waals surface area contributed by atoms with Gasteiger partial charge in [-0.2, -0.15) is 0 Å². The maximum atomic E-state index is 11.6. The number of aliphatic hydroxyl groups excluding tert-OH is 1. The molecule has 0 heterocycles. The molecule has 0 saturated heterocycles. The Balaban J connectivity index is 0. The molecular weight excluding hydrogens is 126 g/mol. The minimum atomic E-state index is -2.70. The molecule has 0 aliphatic rings. The van der Waals surface area contributed by atoms with E-state index in [1.807, 2.05) is 13.8 Å². The van der Waals surface area contributed by atoms with Crippen LogP contribution < -0.4 is 0 Å². The van der Waals surface area contributed by atoms with Gasteiger partial charge in [-0.05, 0) is 6.92 Å². The lowest BCUT2D eigenvalue weighted by Gasteiger charge is -2.04. The Morgan fingerprint density at radius 2 is 1.67 bits per heavy atom. The summed E-state index contributed by atoms with van der Waals surface area (Å²) < 4.78 is 23.1. The van der Waals surface area contributed by atoms with E-state index in [0.717, 1.165) is 6.92 Å². The molecule has 0 atom stereocenters. The predicted molar refractivity (Wildman–Crippen MR) is 33.7 cm³/mol. The molecule has 3 heteroatoms. The van der Waals surface area contributed by atoms with E-state index in [4.69, 9.17) is 5.11 Å². The first kappa shape index (κ1) is 11.6. The van der Waals surface area contributed by atoms with Crippen molar-refractivity contribution in [2.75, 3.05) is 6.61 Å². The SMILES string of the molecule is CC.CC(F)(F)CCO. The normalized spacial score (nSPS) is 10.0. The second kappa shape index (κ2) is 5.95. The van der Waals surface area contributed by atoms with E-state index in [9.17, 15) is 8.78 Å². The third-order valence-corrected chi connectivity index (χ3v) is 0.551. The number of aliphatic hydroxyl groups is 1. The first-order chi connectivity index (χ1) is 4.06. The minimum Gasteiger partial charge on any atom is -0.396 e. The van der Waals surface area contributed by atoms with Crippen LogP contribution in [0.4, 0.5) is 8.78 Å². The molecule has 0 rings (SSSR count). The third-order valence-electron chi connectivity index (χ3n) is 0.551. The van der Waals surface area contributed by atoms with Crippen LogP contribution in [0.5, 0.6) is 0 Å². The van der Waals surface area contributed by atoms with Crippen molar-refractivity contribution in [2.24, 2.45) is 0 Å². The molecule has 0 saturated carbocycles. The van der Waals surface area contributed by atoms with Crippen LogP contribution in [0.1, 0.15) is 27.2 Å². The Bertz CT molecular complexity index is 49.5. The molecule has 0 aromatic carbocycles. The molecule has 0 spiro atoms. The molecule has 0 bridgehead atoms.